The molecule has 1 nitrogen and oxygen atoms in total. The Morgan fingerprint density at radius 3 is 2.22 bits per heavy atom. The van der Waals surface area contributed by atoms with E-state index in [1.807, 2.05) is 36.4 Å². The van der Waals surface area contributed by atoms with E-state index in [1.165, 1.54) is 5.56 Å². The van der Waals surface area contributed by atoms with E-state index in [1.54, 1.807) is 6.92 Å². The highest BCUT2D eigenvalue weighted by molar-refractivity contribution is 5.44. The topological polar surface area (TPSA) is 20.2 Å². The minimum absolute atomic E-state index is 0.427. The summed E-state index contributed by atoms with van der Waals surface area (Å²) in [4.78, 5) is 0. The second-order valence-corrected chi connectivity index (χ2v) is 4.42. The molecule has 1 atom stereocenters. The number of aliphatic hydroxyl groups excluding tert-OH is 1. The highest BCUT2D eigenvalue weighted by Crippen LogP contribution is 2.12. The van der Waals surface area contributed by atoms with Gasteiger partial charge in [-0.1, -0.05) is 36.1 Å². The first kappa shape index (κ1) is 12.4. The van der Waals surface area contributed by atoms with E-state index in [9.17, 15) is 5.11 Å². The summed E-state index contributed by atoms with van der Waals surface area (Å²) in [7, 11) is 0. The Morgan fingerprint density at radius 1 is 0.944 bits per heavy atom. The summed E-state index contributed by atoms with van der Waals surface area (Å²) in [5.41, 5.74) is 4.11. The van der Waals surface area contributed by atoms with Gasteiger partial charge in [0.2, 0.25) is 0 Å². The molecule has 2 rings (SSSR count). The van der Waals surface area contributed by atoms with Crippen LogP contribution in [0.3, 0.4) is 0 Å². The molecule has 0 aliphatic heterocycles. The van der Waals surface area contributed by atoms with E-state index in [4.69, 9.17) is 0 Å². The molecule has 0 spiro atoms. The SMILES string of the molecule is Cc1cccc(C#Cc2ccc([C@H](C)O)cc2)c1. The largest absolute Gasteiger partial charge is 0.389 e. The number of hydrogen-bond acceptors (Lipinski definition) is 1. The van der Waals surface area contributed by atoms with Crippen molar-refractivity contribution in [2.75, 3.05) is 0 Å². The Balaban J connectivity index is 2.20. The lowest BCUT2D eigenvalue weighted by atomic mass is 10.1. The lowest BCUT2D eigenvalue weighted by Gasteiger charge is -2.03. The molecule has 0 fully saturated rings. The van der Waals surface area contributed by atoms with Crippen molar-refractivity contribution in [2.45, 2.75) is 20.0 Å². The van der Waals surface area contributed by atoms with Gasteiger partial charge in [-0.25, -0.2) is 0 Å². The summed E-state index contributed by atoms with van der Waals surface area (Å²) in [5.74, 6) is 6.26. The summed E-state index contributed by atoms with van der Waals surface area (Å²) in [6, 6.07) is 15.8. The van der Waals surface area contributed by atoms with Gasteiger partial charge in [0.1, 0.15) is 0 Å². The molecular weight excluding hydrogens is 220 g/mol. The van der Waals surface area contributed by atoms with Crippen LogP contribution in [0.4, 0.5) is 0 Å². The van der Waals surface area contributed by atoms with Gasteiger partial charge in [0.25, 0.3) is 0 Å². The van der Waals surface area contributed by atoms with E-state index in [0.717, 1.165) is 16.7 Å². The molecule has 90 valence electrons. The monoisotopic (exact) mass is 236 g/mol. The maximum absolute atomic E-state index is 9.42. The van der Waals surface area contributed by atoms with Gasteiger partial charge in [-0.2, -0.15) is 0 Å². The van der Waals surface area contributed by atoms with Crippen LogP contribution in [-0.2, 0) is 0 Å². The van der Waals surface area contributed by atoms with Crippen LogP contribution in [0.15, 0.2) is 48.5 Å². The minimum Gasteiger partial charge on any atom is -0.389 e. The normalized spacial score (nSPS) is 11.5. The van der Waals surface area contributed by atoms with Gasteiger partial charge in [-0.3, -0.25) is 0 Å². The lowest BCUT2D eigenvalue weighted by Crippen LogP contribution is -1.89. The van der Waals surface area contributed by atoms with Crippen LogP contribution in [0.1, 0.15) is 35.3 Å². The fraction of sp³-hybridized carbons (Fsp3) is 0.176. The van der Waals surface area contributed by atoms with Gasteiger partial charge in [0, 0.05) is 11.1 Å². The zero-order valence-electron chi connectivity index (χ0n) is 10.6. The predicted molar refractivity (Wildman–Crippen MR) is 74.2 cm³/mol. The van der Waals surface area contributed by atoms with Crippen molar-refractivity contribution in [1.29, 1.82) is 0 Å². The zero-order valence-corrected chi connectivity index (χ0v) is 10.6. The van der Waals surface area contributed by atoms with Crippen molar-refractivity contribution >= 4 is 0 Å². The molecule has 1 N–H and O–H groups in total. The summed E-state index contributed by atoms with van der Waals surface area (Å²) in [6.07, 6.45) is -0.427. The average molecular weight is 236 g/mol. The maximum Gasteiger partial charge on any atom is 0.0761 e. The second-order valence-electron chi connectivity index (χ2n) is 4.42. The number of rotatable bonds is 1. The van der Waals surface area contributed by atoms with Crippen molar-refractivity contribution in [1.82, 2.24) is 0 Å². The van der Waals surface area contributed by atoms with Crippen LogP contribution in [-0.4, -0.2) is 5.11 Å². The molecule has 2 aromatic carbocycles. The van der Waals surface area contributed by atoms with E-state index in [-0.39, 0.29) is 0 Å². The molecule has 0 aliphatic rings. The Hall–Kier alpha value is -2.04. The quantitative estimate of drug-likeness (QED) is 0.752. The molecule has 0 heterocycles. The standard InChI is InChI=1S/C17H16O/c1-13-4-3-5-16(12-13)7-6-15-8-10-17(11-9-15)14(2)18/h3-5,8-12,14,18H,1-2H3/t14-/m0/s1. The smallest absolute Gasteiger partial charge is 0.0761 e. The van der Waals surface area contributed by atoms with Crippen molar-refractivity contribution in [3.05, 3.63) is 70.8 Å². The Kier molecular flexibility index (Phi) is 3.82. The van der Waals surface area contributed by atoms with Gasteiger partial charge in [0.05, 0.1) is 6.10 Å². The maximum atomic E-state index is 9.42. The van der Waals surface area contributed by atoms with E-state index in [2.05, 4.69) is 30.9 Å². The summed E-state index contributed by atoms with van der Waals surface area (Å²) < 4.78 is 0. The molecule has 1 heteroatoms. The predicted octanol–water partition coefficient (Wildman–Crippen LogP) is 3.45. The molecule has 0 saturated heterocycles. The van der Waals surface area contributed by atoms with E-state index in [0.29, 0.717) is 0 Å². The van der Waals surface area contributed by atoms with E-state index >= 15 is 0 Å². The lowest BCUT2D eigenvalue weighted by molar-refractivity contribution is 0.199. The van der Waals surface area contributed by atoms with Gasteiger partial charge in [0.15, 0.2) is 0 Å². The summed E-state index contributed by atoms with van der Waals surface area (Å²) in [5, 5.41) is 9.42. The number of aryl methyl sites for hydroxylation is 1. The van der Waals surface area contributed by atoms with Crippen LogP contribution in [0.25, 0.3) is 0 Å². The van der Waals surface area contributed by atoms with Crippen LogP contribution in [0.5, 0.6) is 0 Å². The first-order chi connectivity index (χ1) is 8.65. The molecule has 0 radical (unpaired) electrons. The van der Waals surface area contributed by atoms with E-state index < -0.39 is 6.10 Å². The molecular formula is C17H16O. The van der Waals surface area contributed by atoms with Gasteiger partial charge in [-0.05, 0) is 49.2 Å². The molecule has 0 unspecified atom stereocenters. The first-order valence-electron chi connectivity index (χ1n) is 6.02. The number of benzene rings is 2. The third-order valence-electron chi connectivity index (χ3n) is 2.76. The van der Waals surface area contributed by atoms with Crippen molar-refractivity contribution in [3.8, 4) is 11.8 Å². The average Bonchev–Trinajstić information content (AvgIpc) is 2.37. The second kappa shape index (κ2) is 5.53. The van der Waals surface area contributed by atoms with Crippen LogP contribution < -0.4 is 0 Å². The molecule has 0 aromatic heterocycles. The van der Waals surface area contributed by atoms with Crippen LogP contribution in [0, 0.1) is 18.8 Å². The Bertz CT molecular complexity index is 583. The molecule has 2 aromatic rings. The summed E-state index contributed by atoms with van der Waals surface area (Å²) in [6.45, 7) is 3.82. The highest BCUT2D eigenvalue weighted by Gasteiger charge is 1.98. The zero-order chi connectivity index (χ0) is 13.0. The molecule has 0 aliphatic carbocycles. The first-order valence-corrected chi connectivity index (χ1v) is 6.02. The fourth-order valence-electron chi connectivity index (χ4n) is 1.71. The summed E-state index contributed by atoms with van der Waals surface area (Å²) >= 11 is 0. The Morgan fingerprint density at radius 2 is 1.61 bits per heavy atom. The molecule has 0 saturated carbocycles. The molecule has 18 heavy (non-hydrogen) atoms. The van der Waals surface area contributed by atoms with Gasteiger partial charge in [-0.15, -0.1) is 0 Å². The number of aliphatic hydroxyl groups is 1. The minimum atomic E-state index is -0.427. The van der Waals surface area contributed by atoms with Crippen LogP contribution >= 0.6 is 0 Å². The third kappa shape index (κ3) is 3.23. The van der Waals surface area contributed by atoms with Crippen molar-refractivity contribution < 1.29 is 5.11 Å². The fourth-order valence-corrected chi connectivity index (χ4v) is 1.71. The third-order valence-corrected chi connectivity index (χ3v) is 2.76. The molecule has 0 amide bonds. The highest BCUT2D eigenvalue weighted by atomic mass is 16.3. The van der Waals surface area contributed by atoms with Crippen molar-refractivity contribution in [2.24, 2.45) is 0 Å². The van der Waals surface area contributed by atoms with Crippen LogP contribution in [0.2, 0.25) is 0 Å². The van der Waals surface area contributed by atoms with Crippen molar-refractivity contribution in [3.63, 3.8) is 0 Å². The number of hydrogen-bond donors (Lipinski definition) is 1. The van der Waals surface area contributed by atoms with Gasteiger partial charge >= 0.3 is 0 Å². The molecule has 0 bridgehead atoms. The van der Waals surface area contributed by atoms with Gasteiger partial charge < -0.3 is 5.11 Å². The Labute approximate surface area is 108 Å².